The Hall–Kier alpha value is -3.72. The van der Waals surface area contributed by atoms with Gasteiger partial charge in [-0.2, -0.15) is 0 Å². The zero-order valence-corrected chi connectivity index (χ0v) is 20.1. The number of rotatable bonds is 5. The summed E-state index contributed by atoms with van der Waals surface area (Å²) in [6.07, 6.45) is 2.96. The summed E-state index contributed by atoms with van der Waals surface area (Å²) in [7, 11) is 0. The number of imidazole rings is 1. The van der Waals surface area contributed by atoms with Crippen molar-refractivity contribution >= 4 is 16.9 Å². The molecular formula is C26H28N6O3. The second-order valence-corrected chi connectivity index (χ2v) is 9.31. The van der Waals surface area contributed by atoms with Crippen LogP contribution in [0.25, 0.3) is 22.2 Å². The van der Waals surface area contributed by atoms with E-state index in [4.69, 9.17) is 14.2 Å². The average molecular weight is 473 g/mol. The summed E-state index contributed by atoms with van der Waals surface area (Å²) in [6.45, 7) is 7.53. The van der Waals surface area contributed by atoms with E-state index in [1.807, 2.05) is 51.1 Å². The quantitative estimate of drug-likeness (QED) is 0.458. The molecule has 2 N–H and O–H groups in total. The van der Waals surface area contributed by atoms with E-state index < -0.39 is 5.54 Å². The van der Waals surface area contributed by atoms with E-state index in [-0.39, 0.29) is 11.9 Å². The minimum absolute atomic E-state index is 0.00614. The van der Waals surface area contributed by atoms with Crippen molar-refractivity contribution in [3.8, 4) is 16.9 Å². The molecule has 1 amide bonds. The van der Waals surface area contributed by atoms with Gasteiger partial charge in [0.25, 0.3) is 0 Å². The molecule has 0 aliphatic carbocycles. The molecule has 0 saturated carbocycles. The first-order valence-electron chi connectivity index (χ1n) is 12.1. The van der Waals surface area contributed by atoms with Crippen LogP contribution < -0.4 is 15.4 Å². The average Bonchev–Trinajstić information content (AvgIpc) is 3.59. The van der Waals surface area contributed by atoms with Crippen LogP contribution in [0.15, 0.2) is 41.1 Å². The molecule has 1 saturated heterocycles. The summed E-state index contributed by atoms with van der Waals surface area (Å²) in [5, 5.41) is 10.9. The number of ether oxygens (including phenoxy) is 1. The summed E-state index contributed by atoms with van der Waals surface area (Å²) in [5.41, 5.74) is 4.67. The number of nitrogens with zero attached hydrogens (tertiary/aromatic N) is 4. The van der Waals surface area contributed by atoms with Gasteiger partial charge in [-0.15, -0.1) is 0 Å². The maximum absolute atomic E-state index is 12.6. The van der Waals surface area contributed by atoms with Gasteiger partial charge in [-0.3, -0.25) is 9.78 Å². The van der Waals surface area contributed by atoms with E-state index in [0.717, 1.165) is 63.8 Å². The normalized spacial score (nSPS) is 21.3. The Kier molecular flexibility index (Phi) is 5.10. The third-order valence-electron chi connectivity index (χ3n) is 7.12. The Morgan fingerprint density at radius 2 is 2.17 bits per heavy atom. The van der Waals surface area contributed by atoms with Gasteiger partial charge in [-0.05, 0) is 51.1 Å². The highest BCUT2D eigenvalue weighted by atomic mass is 16.5. The number of nitrogens with one attached hydrogen (secondary N) is 2. The third kappa shape index (κ3) is 3.33. The van der Waals surface area contributed by atoms with Crippen molar-refractivity contribution < 1.29 is 14.1 Å². The SMILES string of the molecule is CCC(=O)N[C@]1(c2nc3ccc(-c4c(C)noc4C)c4c3n2[C@@H](c2ccccn2)CO4)CCNC1. The summed E-state index contributed by atoms with van der Waals surface area (Å²) in [6, 6.07) is 9.76. The highest BCUT2D eigenvalue weighted by molar-refractivity contribution is 5.93. The Morgan fingerprint density at radius 3 is 2.86 bits per heavy atom. The van der Waals surface area contributed by atoms with E-state index in [1.54, 1.807) is 6.20 Å². The lowest BCUT2D eigenvalue weighted by atomic mass is 9.95. The van der Waals surface area contributed by atoms with Crippen molar-refractivity contribution in [1.82, 2.24) is 30.3 Å². The second kappa shape index (κ2) is 8.20. The maximum Gasteiger partial charge on any atom is 0.220 e. The summed E-state index contributed by atoms with van der Waals surface area (Å²) in [5.74, 6) is 2.33. The molecule has 1 aromatic carbocycles. The molecular weight excluding hydrogens is 444 g/mol. The second-order valence-electron chi connectivity index (χ2n) is 9.31. The lowest BCUT2D eigenvalue weighted by molar-refractivity contribution is -0.122. The van der Waals surface area contributed by atoms with E-state index >= 15 is 0 Å². The number of pyridine rings is 1. The van der Waals surface area contributed by atoms with E-state index in [2.05, 4.69) is 25.3 Å². The first-order valence-corrected chi connectivity index (χ1v) is 12.1. The molecule has 4 aromatic rings. The zero-order chi connectivity index (χ0) is 24.2. The molecule has 0 radical (unpaired) electrons. The topological polar surface area (TPSA) is 107 Å². The van der Waals surface area contributed by atoms with Crippen molar-refractivity contribution in [3.63, 3.8) is 0 Å². The number of hydrogen-bond acceptors (Lipinski definition) is 7. The minimum atomic E-state index is -0.614. The van der Waals surface area contributed by atoms with Crippen LogP contribution in [0.5, 0.6) is 5.75 Å². The molecule has 35 heavy (non-hydrogen) atoms. The fourth-order valence-corrected chi connectivity index (χ4v) is 5.44. The van der Waals surface area contributed by atoms with Crippen molar-refractivity contribution in [2.24, 2.45) is 0 Å². The van der Waals surface area contributed by atoms with Gasteiger partial charge in [-0.25, -0.2) is 4.98 Å². The van der Waals surface area contributed by atoms with Crippen LogP contribution >= 0.6 is 0 Å². The molecule has 0 bridgehead atoms. The van der Waals surface area contributed by atoms with Gasteiger partial charge in [-0.1, -0.05) is 18.1 Å². The van der Waals surface area contributed by atoms with E-state index in [1.165, 1.54) is 0 Å². The number of aromatic nitrogens is 4. The smallest absolute Gasteiger partial charge is 0.220 e. The van der Waals surface area contributed by atoms with Gasteiger partial charge in [0.05, 0.1) is 22.5 Å². The summed E-state index contributed by atoms with van der Waals surface area (Å²) < 4.78 is 14.2. The van der Waals surface area contributed by atoms with E-state index in [9.17, 15) is 4.79 Å². The Bertz CT molecular complexity index is 1400. The molecule has 0 unspecified atom stereocenters. The summed E-state index contributed by atoms with van der Waals surface area (Å²) >= 11 is 0. The highest BCUT2D eigenvalue weighted by Gasteiger charge is 2.44. The van der Waals surface area contributed by atoms with Crippen LogP contribution in [0.3, 0.4) is 0 Å². The predicted molar refractivity (Wildman–Crippen MR) is 130 cm³/mol. The monoisotopic (exact) mass is 472 g/mol. The first kappa shape index (κ1) is 21.8. The van der Waals surface area contributed by atoms with Crippen molar-refractivity contribution in [3.05, 3.63) is 59.5 Å². The molecule has 2 aliphatic heterocycles. The number of aryl methyl sites for hydroxylation is 2. The highest BCUT2D eigenvalue weighted by Crippen LogP contribution is 2.46. The van der Waals surface area contributed by atoms with E-state index in [0.29, 0.717) is 19.6 Å². The number of carbonyl (C=O) groups excluding carboxylic acids is 1. The fourth-order valence-electron chi connectivity index (χ4n) is 5.44. The van der Waals surface area contributed by atoms with Crippen molar-refractivity contribution in [2.45, 2.75) is 45.2 Å². The molecule has 5 heterocycles. The van der Waals surface area contributed by atoms with Gasteiger partial charge in [0.1, 0.15) is 35.3 Å². The molecule has 1 fully saturated rings. The lowest BCUT2D eigenvalue weighted by Crippen LogP contribution is -2.49. The fraction of sp³-hybridized carbons (Fsp3) is 0.385. The molecule has 6 rings (SSSR count). The standard InChI is InChI=1S/C26H28N6O3/c1-4-21(33)30-26(10-12-27-14-26)25-29-19-9-8-17(22-15(2)31-35-16(22)3)24-23(19)32(25)20(13-34-24)18-7-5-6-11-28-18/h5-9,11,20,27H,4,10,12-14H2,1-3H3,(H,30,33)/t20-,26-/m1/s1. The number of amides is 1. The largest absolute Gasteiger partial charge is 0.488 e. The lowest BCUT2D eigenvalue weighted by Gasteiger charge is -2.34. The molecule has 9 heteroatoms. The molecule has 9 nitrogen and oxygen atoms in total. The maximum atomic E-state index is 12.6. The first-order chi connectivity index (χ1) is 17.0. The van der Waals surface area contributed by atoms with Gasteiger partial charge in [0.2, 0.25) is 5.91 Å². The van der Waals surface area contributed by atoms with Gasteiger partial charge in [0.15, 0.2) is 5.75 Å². The van der Waals surface area contributed by atoms with Crippen LogP contribution in [0.2, 0.25) is 0 Å². The molecule has 180 valence electrons. The predicted octanol–water partition coefficient (Wildman–Crippen LogP) is 3.40. The van der Waals surface area contributed by atoms with Gasteiger partial charge >= 0.3 is 0 Å². The number of hydrogen-bond donors (Lipinski definition) is 2. The number of carbonyl (C=O) groups is 1. The zero-order valence-electron chi connectivity index (χ0n) is 20.1. The molecule has 2 aliphatic rings. The molecule has 0 spiro atoms. The molecule has 2 atom stereocenters. The van der Waals surface area contributed by atoms with Crippen molar-refractivity contribution in [2.75, 3.05) is 19.7 Å². The Morgan fingerprint density at radius 1 is 1.29 bits per heavy atom. The Balaban J connectivity index is 1.64. The van der Waals surface area contributed by atoms with Gasteiger partial charge < -0.3 is 24.5 Å². The van der Waals surface area contributed by atoms with Gasteiger partial charge in [0, 0.05) is 24.7 Å². The number of benzene rings is 1. The van der Waals surface area contributed by atoms with Crippen LogP contribution in [-0.4, -0.2) is 45.3 Å². The van der Waals surface area contributed by atoms with Crippen LogP contribution in [0.4, 0.5) is 0 Å². The Labute approximate surface area is 202 Å². The minimum Gasteiger partial charge on any atom is -0.488 e. The molecule has 3 aromatic heterocycles. The summed E-state index contributed by atoms with van der Waals surface area (Å²) in [4.78, 5) is 22.4. The van der Waals surface area contributed by atoms with Crippen LogP contribution in [-0.2, 0) is 10.3 Å². The van der Waals surface area contributed by atoms with Crippen LogP contribution in [0, 0.1) is 13.8 Å². The van der Waals surface area contributed by atoms with Crippen LogP contribution in [0.1, 0.15) is 48.8 Å². The third-order valence-corrected chi connectivity index (χ3v) is 7.12. The van der Waals surface area contributed by atoms with Crippen molar-refractivity contribution in [1.29, 1.82) is 0 Å².